The highest BCUT2D eigenvalue weighted by Crippen LogP contribution is 1.73. The number of H-pyrrole nitrogens is 1. The molecule has 0 amide bonds. The molecule has 0 atom stereocenters. The van der Waals surface area contributed by atoms with Crippen LogP contribution in [0.4, 0.5) is 0 Å². The molecule has 0 aromatic carbocycles. The lowest BCUT2D eigenvalue weighted by molar-refractivity contribution is 1.32. The molecular formula is C8H6N2. The van der Waals surface area contributed by atoms with Crippen LogP contribution in [0.15, 0.2) is 23.3 Å². The van der Waals surface area contributed by atoms with E-state index >= 15 is 0 Å². The molecule has 0 saturated carbocycles. The number of hydrogen-bond acceptors (Lipinski definition) is 1. The number of hydrogen-bond donors (Lipinski definition) is 1. The molecular weight excluding hydrogens is 124 g/mol. The maximum atomic E-state index is 3.90. The predicted molar refractivity (Wildman–Crippen MR) is 41.0 cm³/mol. The van der Waals surface area contributed by atoms with E-state index in [1.165, 1.54) is 0 Å². The minimum atomic E-state index is 1.09. The first-order chi connectivity index (χ1) is 4.97. The van der Waals surface area contributed by atoms with Gasteiger partial charge in [0.05, 0.1) is 0 Å². The Kier molecular flexibility index (Phi) is 1.06. The van der Waals surface area contributed by atoms with E-state index in [9.17, 15) is 0 Å². The van der Waals surface area contributed by atoms with Gasteiger partial charge < -0.3 is 4.98 Å². The third-order valence-electron chi connectivity index (χ3n) is 1.42. The van der Waals surface area contributed by atoms with E-state index in [-0.39, 0.29) is 0 Å². The van der Waals surface area contributed by atoms with Crippen molar-refractivity contribution in [1.82, 2.24) is 4.98 Å². The summed E-state index contributed by atoms with van der Waals surface area (Å²) in [6, 6.07) is 1.98. The van der Waals surface area contributed by atoms with Crippen LogP contribution in [0.25, 0.3) is 12.3 Å². The van der Waals surface area contributed by atoms with E-state index in [1.807, 2.05) is 18.3 Å². The quantitative estimate of drug-likeness (QED) is 0.502. The summed E-state index contributed by atoms with van der Waals surface area (Å²) < 4.78 is 0. The van der Waals surface area contributed by atoms with E-state index < -0.39 is 0 Å². The van der Waals surface area contributed by atoms with E-state index in [1.54, 1.807) is 12.3 Å². The number of aromatic nitrogens is 1. The molecule has 0 saturated heterocycles. The lowest BCUT2D eigenvalue weighted by atomic mass is 10.4. The molecule has 1 aromatic rings. The molecule has 2 heteroatoms. The van der Waals surface area contributed by atoms with Gasteiger partial charge in [0, 0.05) is 29.0 Å². The zero-order chi connectivity index (χ0) is 6.81. The zero-order valence-corrected chi connectivity index (χ0v) is 5.33. The van der Waals surface area contributed by atoms with Crippen molar-refractivity contribution in [3.8, 4) is 0 Å². The first-order valence-electron chi connectivity index (χ1n) is 3.09. The summed E-state index contributed by atoms with van der Waals surface area (Å²) in [5, 5.41) is 2.20. The maximum absolute atomic E-state index is 3.90. The van der Waals surface area contributed by atoms with Gasteiger partial charge in [0.25, 0.3) is 0 Å². The normalized spacial score (nSPS) is 13.2. The molecule has 2 rings (SSSR count). The van der Waals surface area contributed by atoms with Crippen LogP contribution in [0.2, 0.25) is 0 Å². The summed E-state index contributed by atoms with van der Waals surface area (Å²) >= 11 is 0. The van der Waals surface area contributed by atoms with Crippen molar-refractivity contribution in [2.24, 2.45) is 4.99 Å². The van der Waals surface area contributed by atoms with E-state index in [4.69, 9.17) is 0 Å². The van der Waals surface area contributed by atoms with E-state index in [0.29, 0.717) is 0 Å². The SMILES string of the molecule is C1=CC=c2[nH]ccc2=CN=1. The molecule has 0 bridgehead atoms. The van der Waals surface area contributed by atoms with Crippen LogP contribution < -0.4 is 10.6 Å². The monoisotopic (exact) mass is 130 g/mol. The Balaban J connectivity index is 2.94. The van der Waals surface area contributed by atoms with Crippen molar-refractivity contribution < 1.29 is 0 Å². The Morgan fingerprint density at radius 1 is 1.50 bits per heavy atom. The first kappa shape index (κ1) is 5.27. The smallest absolute Gasteiger partial charge is 0.0476 e. The largest absolute Gasteiger partial charge is 0.361 e. The minimum Gasteiger partial charge on any atom is -0.361 e. The second-order valence-electron chi connectivity index (χ2n) is 2.07. The Morgan fingerprint density at radius 3 is 3.50 bits per heavy atom. The highest BCUT2D eigenvalue weighted by Gasteiger charge is 1.83. The van der Waals surface area contributed by atoms with Crippen molar-refractivity contribution in [1.29, 1.82) is 0 Å². The second kappa shape index (κ2) is 2.01. The first-order valence-corrected chi connectivity index (χ1v) is 3.09. The average Bonchev–Trinajstić information content (AvgIpc) is 2.28. The number of aromatic amines is 1. The maximum Gasteiger partial charge on any atom is 0.0476 e. The molecule has 2 heterocycles. The number of aliphatic imine (C=N–C) groups is 1. The topological polar surface area (TPSA) is 28.1 Å². The fraction of sp³-hybridized carbons (Fsp3) is 0. The number of rotatable bonds is 0. The summed E-state index contributed by atoms with van der Waals surface area (Å²) in [7, 11) is 0. The van der Waals surface area contributed by atoms with Gasteiger partial charge in [0.2, 0.25) is 0 Å². The standard InChI is InChI=1S/C8H6N2/c1-2-8-7(3-5-10-8)6-9-4-1/h1-3,5-6,10H. The summed E-state index contributed by atoms with van der Waals surface area (Å²) in [6.07, 6.45) is 7.42. The molecule has 1 aromatic heterocycles. The third-order valence-corrected chi connectivity index (χ3v) is 1.42. The number of nitrogens with zero attached hydrogens (tertiary/aromatic N) is 1. The van der Waals surface area contributed by atoms with Gasteiger partial charge in [0.15, 0.2) is 0 Å². The van der Waals surface area contributed by atoms with Gasteiger partial charge in [-0.3, -0.25) is 0 Å². The molecule has 0 aliphatic carbocycles. The van der Waals surface area contributed by atoms with Gasteiger partial charge in [-0.25, -0.2) is 4.99 Å². The molecule has 1 aliphatic heterocycles. The van der Waals surface area contributed by atoms with Gasteiger partial charge in [-0.1, -0.05) is 0 Å². The van der Waals surface area contributed by atoms with Crippen LogP contribution in [0.5, 0.6) is 0 Å². The fourth-order valence-electron chi connectivity index (χ4n) is 0.922. The molecule has 0 fully saturated rings. The summed E-state index contributed by atoms with van der Waals surface area (Å²) in [5.41, 5.74) is 0. The van der Waals surface area contributed by atoms with Gasteiger partial charge >= 0.3 is 0 Å². The summed E-state index contributed by atoms with van der Waals surface area (Å²) in [6.45, 7) is 0. The minimum absolute atomic E-state index is 1.09. The fourth-order valence-corrected chi connectivity index (χ4v) is 0.922. The molecule has 0 radical (unpaired) electrons. The van der Waals surface area contributed by atoms with Crippen LogP contribution in [0.3, 0.4) is 0 Å². The Morgan fingerprint density at radius 2 is 2.50 bits per heavy atom. The zero-order valence-electron chi connectivity index (χ0n) is 5.33. The number of fused-ring (bicyclic) bond motifs is 1. The van der Waals surface area contributed by atoms with Crippen LogP contribution in [0.1, 0.15) is 0 Å². The highest BCUT2D eigenvalue weighted by molar-refractivity contribution is 5.66. The molecule has 48 valence electrons. The summed E-state index contributed by atoms with van der Waals surface area (Å²) in [5.74, 6) is 2.75. The Labute approximate surface area is 57.9 Å². The van der Waals surface area contributed by atoms with E-state index in [0.717, 1.165) is 10.6 Å². The Hall–Kier alpha value is -1.53. The Bertz CT molecular complexity index is 368. The average molecular weight is 130 g/mol. The third kappa shape index (κ3) is 0.714. The van der Waals surface area contributed by atoms with Crippen molar-refractivity contribution in [2.75, 3.05) is 0 Å². The number of nitrogens with one attached hydrogen (secondary N) is 1. The van der Waals surface area contributed by atoms with Crippen LogP contribution in [-0.2, 0) is 0 Å². The van der Waals surface area contributed by atoms with Crippen molar-refractivity contribution in [3.05, 3.63) is 28.9 Å². The molecule has 0 unspecified atom stereocenters. The van der Waals surface area contributed by atoms with Gasteiger partial charge in [-0.05, 0) is 18.0 Å². The van der Waals surface area contributed by atoms with Crippen LogP contribution in [0, 0.1) is 0 Å². The van der Waals surface area contributed by atoms with E-state index in [2.05, 4.69) is 15.8 Å². The van der Waals surface area contributed by atoms with Gasteiger partial charge in [-0.15, -0.1) is 0 Å². The summed E-state index contributed by atoms with van der Waals surface area (Å²) in [4.78, 5) is 6.98. The molecule has 1 aliphatic rings. The van der Waals surface area contributed by atoms with Crippen molar-refractivity contribution in [3.63, 3.8) is 0 Å². The lowest BCUT2D eigenvalue weighted by Crippen LogP contribution is -2.20. The molecule has 10 heavy (non-hydrogen) atoms. The number of allylic oxidation sites excluding steroid dienone is 1. The van der Waals surface area contributed by atoms with Gasteiger partial charge in [-0.2, -0.15) is 0 Å². The highest BCUT2D eigenvalue weighted by atomic mass is 14.7. The van der Waals surface area contributed by atoms with Crippen LogP contribution >= 0.6 is 0 Å². The molecule has 2 nitrogen and oxygen atoms in total. The van der Waals surface area contributed by atoms with Crippen LogP contribution in [-0.4, -0.2) is 10.9 Å². The van der Waals surface area contributed by atoms with Crippen molar-refractivity contribution in [2.45, 2.75) is 0 Å². The second-order valence-corrected chi connectivity index (χ2v) is 2.07. The molecule has 0 spiro atoms. The van der Waals surface area contributed by atoms with Gasteiger partial charge in [0.1, 0.15) is 0 Å². The lowest BCUT2D eigenvalue weighted by Gasteiger charge is -1.70. The molecule has 1 N–H and O–H groups in total. The van der Waals surface area contributed by atoms with Crippen molar-refractivity contribution >= 4 is 18.1 Å². The predicted octanol–water partition coefficient (Wildman–Crippen LogP) is -0.227.